The lowest BCUT2D eigenvalue weighted by atomic mass is 9.88. The molecule has 1 saturated heterocycles. The second-order valence-corrected chi connectivity index (χ2v) is 8.02. The molecule has 1 fully saturated rings. The second kappa shape index (κ2) is 7.75. The first-order chi connectivity index (χ1) is 13.2. The van der Waals surface area contributed by atoms with Crippen LogP contribution in [-0.2, 0) is 15.1 Å². The molecule has 7 heteroatoms. The Bertz CT molecular complexity index is 929. The number of rotatable bonds is 5. The molecule has 0 aromatic heterocycles. The monoisotopic (exact) mass is 443 g/mol. The summed E-state index contributed by atoms with van der Waals surface area (Å²) in [4.78, 5) is 38.8. The molecule has 2 N–H and O–H groups in total. The molecule has 0 saturated carbocycles. The van der Waals surface area contributed by atoms with Gasteiger partial charge in [-0.1, -0.05) is 52.3 Å². The highest BCUT2D eigenvalue weighted by molar-refractivity contribution is 9.10. The first-order valence-electron chi connectivity index (χ1n) is 8.97. The maximum atomic E-state index is 13.0. The number of imide groups is 1. The second-order valence-electron chi connectivity index (χ2n) is 7.10. The third-order valence-electron chi connectivity index (χ3n) is 5.01. The highest BCUT2D eigenvalue weighted by Crippen LogP contribution is 2.30. The van der Waals surface area contributed by atoms with Crippen molar-refractivity contribution in [2.75, 3.05) is 6.54 Å². The van der Waals surface area contributed by atoms with Gasteiger partial charge in [0.05, 0.1) is 6.04 Å². The van der Waals surface area contributed by atoms with Gasteiger partial charge in [-0.2, -0.15) is 0 Å². The van der Waals surface area contributed by atoms with E-state index in [2.05, 4.69) is 26.6 Å². The summed E-state index contributed by atoms with van der Waals surface area (Å²) in [5, 5.41) is 5.57. The summed E-state index contributed by atoms with van der Waals surface area (Å²) in [6.45, 7) is 5.07. The fourth-order valence-electron chi connectivity index (χ4n) is 3.42. The molecular formula is C21H22BrN3O3. The molecule has 0 bridgehead atoms. The van der Waals surface area contributed by atoms with Crippen LogP contribution in [-0.4, -0.2) is 29.3 Å². The van der Waals surface area contributed by atoms with Crippen LogP contribution in [0.25, 0.3) is 0 Å². The number of carbonyl (C=O) groups excluding carboxylic acids is 3. The van der Waals surface area contributed by atoms with Gasteiger partial charge in [0.25, 0.3) is 5.91 Å². The molecule has 4 amide bonds. The third-order valence-corrected chi connectivity index (χ3v) is 5.54. The molecule has 1 aliphatic heterocycles. The van der Waals surface area contributed by atoms with Gasteiger partial charge >= 0.3 is 6.03 Å². The number of urea groups is 1. The molecule has 0 aliphatic carbocycles. The number of nitrogens with zero attached hydrogens (tertiary/aromatic N) is 1. The van der Waals surface area contributed by atoms with Gasteiger partial charge in [0, 0.05) is 4.47 Å². The Morgan fingerprint density at radius 3 is 2.46 bits per heavy atom. The number of hydrogen-bond donors (Lipinski definition) is 2. The summed E-state index contributed by atoms with van der Waals surface area (Å²) in [7, 11) is 0. The van der Waals surface area contributed by atoms with Crippen LogP contribution in [0.3, 0.4) is 0 Å². The molecular weight excluding hydrogens is 422 g/mol. The van der Waals surface area contributed by atoms with Crippen LogP contribution >= 0.6 is 15.9 Å². The molecule has 146 valence electrons. The SMILES string of the molecule is Cc1ccccc1C1(C)NC(=O)N(CC(=O)NC(C)c2ccc(Br)cc2)C1=O. The molecule has 1 heterocycles. The number of aryl methyl sites for hydroxylation is 1. The van der Waals surface area contributed by atoms with Crippen LogP contribution in [0.5, 0.6) is 0 Å². The lowest BCUT2D eigenvalue weighted by Gasteiger charge is -2.24. The van der Waals surface area contributed by atoms with Crippen molar-refractivity contribution in [3.8, 4) is 0 Å². The molecule has 3 rings (SSSR count). The normalized spacial score (nSPS) is 20.1. The van der Waals surface area contributed by atoms with E-state index in [0.717, 1.165) is 26.1 Å². The van der Waals surface area contributed by atoms with E-state index in [0.29, 0.717) is 0 Å². The van der Waals surface area contributed by atoms with Gasteiger partial charge in [-0.25, -0.2) is 4.79 Å². The molecule has 0 radical (unpaired) electrons. The molecule has 28 heavy (non-hydrogen) atoms. The van der Waals surface area contributed by atoms with Gasteiger partial charge in [0.2, 0.25) is 5.91 Å². The van der Waals surface area contributed by atoms with E-state index in [9.17, 15) is 14.4 Å². The molecule has 0 spiro atoms. The predicted molar refractivity (Wildman–Crippen MR) is 109 cm³/mol. The summed E-state index contributed by atoms with van der Waals surface area (Å²) < 4.78 is 0.949. The van der Waals surface area contributed by atoms with Crippen molar-refractivity contribution in [2.45, 2.75) is 32.4 Å². The number of carbonyl (C=O) groups is 3. The summed E-state index contributed by atoms with van der Waals surface area (Å²) in [6.07, 6.45) is 0. The summed E-state index contributed by atoms with van der Waals surface area (Å²) in [5.74, 6) is -0.828. The Hall–Kier alpha value is -2.67. The number of benzene rings is 2. The Morgan fingerprint density at radius 2 is 1.82 bits per heavy atom. The topological polar surface area (TPSA) is 78.5 Å². The van der Waals surface area contributed by atoms with E-state index in [-0.39, 0.29) is 12.6 Å². The van der Waals surface area contributed by atoms with Crippen LogP contribution in [0, 0.1) is 6.92 Å². The van der Waals surface area contributed by atoms with Crippen LogP contribution in [0.4, 0.5) is 4.79 Å². The van der Waals surface area contributed by atoms with Crippen LogP contribution in [0.15, 0.2) is 53.0 Å². The molecule has 2 aromatic rings. The van der Waals surface area contributed by atoms with Crippen molar-refractivity contribution in [3.63, 3.8) is 0 Å². The zero-order valence-electron chi connectivity index (χ0n) is 16.0. The fourth-order valence-corrected chi connectivity index (χ4v) is 3.69. The van der Waals surface area contributed by atoms with Gasteiger partial charge < -0.3 is 10.6 Å². The Morgan fingerprint density at radius 1 is 1.18 bits per heavy atom. The van der Waals surface area contributed by atoms with E-state index in [1.54, 1.807) is 6.92 Å². The molecule has 2 unspecified atom stereocenters. The molecule has 2 aromatic carbocycles. The fraction of sp³-hybridized carbons (Fsp3) is 0.286. The van der Waals surface area contributed by atoms with Gasteiger partial charge in [-0.3, -0.25) is 14.5 Å². The van der Waals surface area contributed by atoms with Crippen molar-refractivity contribution < 1.29 is 14.4 Å². The van der Waals surface area contributed by atoms with Crippen LogP contribution < -0.4 is 10.6 Å². The summed E-state index contributed by atoms with van der Waals surface area (Å²) in [5.41, 5.74) is 1.37. The van der Waals surface area contributed by atoms with Crippen molar-refractivity contribution in [1.29, 1.82) is 0 Å². The lowest BCUT2D eigenvalue weighted by Crippen LogP contribution is -2.43. The smallest absolute Gasteiger partial charge is 0.325 e. The van der Waals surface area contributed by atoms with Crippen LogP contribution in [0.2, 0.25) is 0 Å². The zero-order valence-corrected chi connectivity index (χ0v) is 17.5. The van der Waals surface area contributed by atoms with Crippen molar-refractivity contribution in [3.05, 3.63) is 69.7 Å². The Kier molecular flexibility index (Phi) is 5.56. The number of hydrogen-bond acceptors (Lipinski definition) is 3. The third kappa shape index (κ3) is 3.80. The van der Waals surface area contributed by atoms with E-state index >= 15 is 0 Å². The summed E-state index contributed by atoms with van der Waals surface area (Å²) >= 11 is 3.38. The van der Waals surface area contributed by atoms with Crippen molar-refractivity contribution in [2.24, 2.45) is 0 Å². The zero-order chi connectivity index (χ0) is 20.5. The first kappa shape index (κ1) is 20.1. The Balaban J connectivity index is 1.71. The minimum absolute atomic E-state index is 0.246. The minimum atomic E-state index is -1.18. The van der Waals surface area contributed by atoms with E-state index < -0.39 is 23.4 Å². The van der Waals surface area contributed by atoms with Gasteiger partial charge in [0.1, 0.15) is 12.1 Å². The van der Waals surface area contributed by atoms with Gasteiger partial charge in [-0.15, -0.1) is 0 Å². The van der Waals surface area contributed by atoms with Crippen molar-refractivity contribution in [1.82, 2.24) is 15.5 Å². The lowest BCUT2D eigenvalue weighted by molar-refractivity contribution is -0.135. The largest absolute Gasteiger partial charge is 0.348 e. The average Bonchev–Trinajstić information content (AvgIpc) is 2.86. The average molecular weight is 444 g/mol. The number of amides is 4. The van der Waals surface area contributed by atoms with Gasteiger partial charge in [-0.05, 0) is 49.6 Å². The maximum Gasteiger partial charge on any atom is 0.325 e. The standard InChI is InChI=1S/C21H22BrN3O3/c1-13-6-4-5-7-17(13)21(3)19(27)25(20(28)24-21)12-18(26)23-14(2)15-8-10-16(22)11-9-15/h4-11,14H,12H2,1-3H3,(H,23,26)(H,24,28). The molecule has 2 atom stereocenters. The van der Waals surface area contributed by atoms with E-state index in [4.69, 9.17) is 0 Å². The van der Waals surface area contributed by atoms with Crippen molar-refractivity contribution >= 4 is 33.8 Å². The maximum absolute atomic E-state index is 13.0. The number of nitrogens with one attached hydrogen (secondary N) is 2. The number of halogens is 1. The van der Waals surface area contributed by atoms with E-state index in [1.807, 2.05) is 62.4 Å². The molecule has 6 nitrogen and oxygen atoms in total. The molecule has 1 aliphatic rings. The van der Waals surface area contributed by atoms with E-state index in [1.165, 1.54) is 0 Å². The summed E-state index contributed by atoms with van der Waals surface area (Å²) in [6, 6.07) is 14.2. The van der Waals surface area contributed by atoms with Gasteiger partial charge in [0.15, 0.2) is 0 Å². The Labute approximate surface area is 172 Å². The first-order valence-corrected chi connectivity index (χ1v) is 9.76. The highest BCUT2D eigenvalue weighted by Gasteiger charge is 2.50. The quantitative estimate of drug-likeness (QED) is 0.694. The minimum Gasteiger partial charge on any atom is -0.348 e. The van der Waals surface area contributed by atoms with Crippen LogP contribution in [0.1, 0.15) is 36.6 Å². The predicted octanol–water partition coefficient (Wildman–Crippen LogP) is 3.40. The highest BCUT2D eigenvalue weighted by atomic mass is 79.9.